The zero-order chi connectivity index (χ0) is 17.2. The molecule has 6 nitrogen and oxygen atoms in total. The Balaban J connectivity index is 1.41. The summed E-state index contributed by atoms with van der Waals surface area (Å²) in [5.74, 6) is 1.77. The van der Waals surface area contributed by atoms with Gasteiger partial charge in [0.25, 0.3) is 0 Å². The van der Waals surface area contributed by atoms with Crippen molar-refractivity contribution < 1.29 is 29.3 Å². The van der Waals surface area contributed by atoms with Gasteiger partial charge in [0.15, 0.2) is 0 Å². The number of hydrogen-bond acceptors (Lipinski definition) is 6. The van der Waals surface area contributed by atoms with E-state index in [4.69, 9.17) is 29.3 Å². The van der Waals surface area contributed by atoms with Crippen molar-refractivity contribution in [1.29, 1.82) is 0 Å². The van der Waals surface area contributed by atoms with E-state index in [2.05, 4.69) is 27.7 Å². The van der Waals surface area contributed by atoms with Gasteiger partial charge in [0.2, 0.25) is 0 Å². The normalized spacial score (nSPS) is 39.5. The molecule has 0 bridgehead atoms. The molecule has 3 aliphatic rings. The lowest BCUT2D eigenvalue weighted by molar-refractivity contribution is -0.377. The molecule has 0 saturated heterocycles. The van der Waals surface area contributed by atoms with Crippen molar-refractivity contribution in [3.05, 3.63) is 0 Å². The maximum atomic E-state index is 5.50. The smallest absolute Gasteiger partial charge is 0.0959 e. The van der Waals surface area contributed by atoms with Crippen LogP contribution in [-0.4, -0.2) is 38.1 Å². The average molecular weight is 344 g/mol. The molecule has 6 heteroatoms. The highest BCUT2D eigenvalue weighted by atomic mass is 17.2. The minimum atomic E-state index is -0.339. The van der Waals surface area contributed by atoms with Crippen LogP contribution in [0.3, 0.4) is 0 Å². The van der Waals surface area contributed by atoms with Crippen LogP contribution in [0.1, 0.15) is 53.4 Å². The third-order valence-corrected chi connectivity index (χ3v) is 5.53. The maximum absolute atomic E-state index is 5.50. The Labute approximate surface area is 144 Å². The first-order valence-electron chi connectivity index (χ1n) is 9.38. The largest absolute Gasteiger partial charge is 0.236 e. The van der Waals surface area contributed by atoms with E-state index in [0.29, 0.717) is 37.6 Å². The van der Waals surface area contributed by atoms with Crippen LogP contribution in [0.2, 0.25) is 0 Å². The Kier molecular flexibility index (Phi) is 6.16. The molecule has 3 fully saturated rings. The lowest BCUT2D eigenvalue weighted by Crippen LogP contribution is -2.37. The summed E-state index contributed by atoms with van der Waals surface area (Å²) >= 11 is 0. The van der Waals surface area contributed by atoms with Crippen molar-refractivity contribution in [1.82, 2.24) is 0 Å². The molecule has 0 amide bonds. The molecule has 0 aromatic heterocycles. The summed E-state index contributed by atoms with van der Waals surface area (Å²) < 4.78 is 0. The van der Waals surface area contributed by atoms with E-state index in [1.165, 1.54) is 0 Å². The van der Waals surface area contributed by atoms with Gasteiger partial charge >= 0.3 is 0 Å². The van der Waals surface area contributed by atoms with Crippen molar-refractivity contribution in [3.63, 3.8) is 0 Å². The zero-order valence-corrected chi connectivity index (χ0v) is 15.4. The standard InChI is InChI=1S/C18H32O6/c1-5-18(9-19-22-15-6-12(15)2,10-20-23-16-7-13(16)3)11-21-24-17-8-14(17)4/h12-17H,5-11H2,1-4H3. The van der Waals surface area contributed by atoms with Gasteiger partial charge in [-0.25, -0.2) is 29.3 Å². The minimum absolute atomic E-state index is 0.230. The van der Waals surface area contributed by atoms with Crippen molar-refractivity contribution in [3.8, 4) is 0 Å². The topological polar surface area (TPSA) is 55.4 Å². The van der Waals surface area contributed by atoms with Gasteiger partial charge in [-0.05, 0) is 43.4 Å². The molecule has 0 aromatic rings. The first-order chi connectivity index (χ1) is 11.5. The van der Waals surface area contributed by atoms with Crippen LogP contribution in [0.15, 0.2) is 0 Å². The Bertz CT molecular complexity index is 348. The molecule has 140 valence electrons. The number of hydrogen-bond donors (Lipinski definition) is 0. The maximum Gasteiger partial charge on any atom is 0.0959 e. The molecule has 3 rings (SSSR count). The summed E-state index contributed by atoms with van der Waals surface area (Å²) in [5, 5.41) is 0. The summed E-state index contributed by atoms with van der Waals surface area (Å²) in [7, 11) is 0. The van der Waals surface area contributed by atoms with E-state index in [9.17, 15) is 0 Å². The highest BCUT2D eigenvalue weighted by Gasteiger charge is 2.40. The summed E-state index contributed by atoms with van der Waals surface area (Å²) in [4.78, 5) is 32.8. The fourth-order valence-corrected chi connectivity index (χ4v) is 2.44. The summed E-state index contributed by atoms with van der Waals surface area (Å²) in [6, 6.07) is 0. The van der Waals surface area contributed by atoms with Gasteiger partial charge in [-0.15, -0.1) is 0 Å². The molecule has 0 aromatic carbocycles. The number of rotatable bonds is 13. The van der Waals surface area contributed by atoms with Gasteiger partial charge in [0, 0.05) is 5.41 Å². The van der Waals surface area contributed by atoms with Crippen LogP contribution < -0.4 is 0 Å². The van der Waals surface area contributed by atoms with E-state index in [1.807, 2.05) is 0 Å². The second-order valence-corrected chi connectivity index (χ2v) is 8.18. The molecule has 24 heavy (non-hydrogen) atoms. The van der Waals surface area contributed by atoms with E-state index in [1.54, 1.807) is 0 Å². The molecule has 0 N–H and O–H groups in total. The molecular weight excluding hydrogens is 312 g/mol. The van der Waals surface area contributed by atoms with Gasteiger partial charge in [0.05, 0.1) is 38.1 Å². The monoisotopic (exact) mass is 344 g/mol. The van der Waals surface area contributed by atoms with Crippen molar-refractivity contribution in [2.75, 3.05) is 19.8 Å². The molecule has 3 aliphatic carbocycles. The van der Waals surface area contributed by atoms with Crippen LogP contribution >= 0.6 is 0 Å². The second-order valence-electron chi connectivity index (χ2n) is 8.18. The zero-order valence-electron chi connectivity index (χ0n) is 15.4. The third kappa shape index (κ3) is 5.38. The van der Waals surface area contributed by atoms with Gasteiger partial charge in [-0.2, -0.15) is 0 Å². The van der Waals surface area contributed by atoms with Crippen LogP contribution in [0.25, 0.3) is 0 Å². The lowest BCUT2D eigenvalue weighted by atomic mass is 9.88. The quantitative estimate of drug-likeness (QED) is 0.377. The Morgan fingerprint density at radius 1 is 0.667 bits per heavy atom. The van der Waals surface area contributed by atoms with E-state index < -0.39 is 0 Å². The average Bonchev–Trinajstić information content (AvgIpc) is 3.49. The Morgan fingerprint density at radius 2 is 0.958 bits per heavy atom. The highest BCUT2D eigenvalue weighted by molar-refractivity contribution is 4.84. The van der Waals surface area contributed by atoms with Crippen molar-refractivity contribution >= 4 is 0 Å². The molecule has 0 aliphatic heterocycles. The van der Waals surface area contributed by atoms with Crippen molar-refractivity contribution in [2.45, 2.75) is 71.7 Å². The first kappa shape index (κ1) is 18.5. The van der Waals surface area contributed by atoms with Gasteiger partial charge < -0.3 is 0 Å². The third-order valence-electron chi connectivity index (χ3n) is 5.53. The van der Waals surface area contributed by atoms with Gasteiger partial charge in [-0.3, -0.25) is 0 Å². The molecule has 3 saturated carbocycles. The van der Waals surface area contributed by atoms with Crippen LogP contribution in [-0.2, 0) is 29.3 Å². The van der Waals surface area contributed by atoms with Gasteiger partial charge in [0.1, 0.15) is 0 Å². The molecule has 6 atom stereocenters. The highest BCUT2D eigenvalue weighted by Crippen LogP contribution is 2.36. The van der Waals surface area contributed by atoms with Gasteiger partial charge in [-0.1, -0.05) is 27.7 Å². The van der Waals surface area contributed by atoms with Crippen molar-refractivity contribution in [2.24, 2.45) is 23.2 Å². The molecule has 0 radical (unpaired) electrons. The van der Waals surface area contributed by atoms with Crippen LogP contribution in [0.4, 0.5) is 0 Å². The lowest BCUT2D eigenvalue weighted by Gasteiger charge is -2.30. The minimum Gasteiger partial charge on any atom is -0.236 e. The van der Waals surface area contributed by atoms with E-state index >= 15 is 0 Å². The Hall–Kier alpha value is -0.240. The summed E-state index contributed by atoms with van der Waals surface area (Å²) in [5.41, 5.74) is -0.339. The summed E-state index contributed by atoms with van der Waals surface area (Å²) in [6.45, 7) is 9.77. The summed E-state index contributed by atoms with van der Waals surface area (Å²) in [6.07, 6.45) is 4.71. The molecule has 6 unspecified atom stereocenters. The first-order valence-corrected chi connectivity index (χ1v) is 9.38. The molecule has 0 heterocycles. The predicted molar refractivity (Wildman–Crippen MR) is 86.5 cm³/mol. The predicted octanol–water partition coefficient (Wildman–Crippen LogP) is 3.45. The second kappa shape index (κ2) is 7.98. The SMILES string of the molecule is CCC(COOC1CC1C)(COOC1CC1C)COOC1CC1C. The van der Waals surface area contributed by atoms with Crippen LogP contribution in [0.5, 0.6) is 0 Å². The fourth-order valence-electron chi connectivity index (χ4n) is 2.44. The molecular formula is C18H32O6. The Morgan fingerprint density at radius 3 is 1.17 bits per heavy atom. The fraction of sp³-hybridized carbons (Fsp3) is 1.00. The van der Waals surface area contributed by atoms with E-state index in [-0.39, 0.29) is 23.7 Å². The molecule has 0 spiro atoms. The van der Waals surface area contributed by atoms with Crippen LogP contribution in [0, 0.1) is 23.2 Å². The van der Waals surface area contributed by atoms with E-state index in [0.717, 1.165) is 25.7 Å².